The number of rotatable bonds is 4. The van der Waals surface area contributed by atoms with Gasteiger partial charge in [-0.1, -0.05) is 25.7 Å². The molecule has 2 fully saturated rings. The van der Waals surface area contributed by atoms with Crippen molar-refractivity contribution in [3.05, 3.63) is 0 Å². The van der Waals surface area contributed by atoms with E-state index in [4.69, 9.17) is 5.73 Å². The molecule has 0 aliphatic heterocycles. The van der Waals surface area contributed by atoms with E-state index in [9.17, 15) is 8.42 Å². The van der Waals surface area contributed by atoms with Gasteiger partial charge in [-0.2, -0.15) is 0 Å². The number of nitrogens with one attached hydrogen (secondary N) is 1. The zero-order valence-corrected chi connectivity index (χ0v) is 11.2. The Hall–Kier alpha value is -0.130. The van der Waals surface area contributed by atoms with Crippen LogP contribution in [0.2, 0.25) is 0 Å². The molecular formula is C12H24N2O2S. The van der Waals surface area contributed by atoms with Gasteiger partial charge in [-0.25, -0.2) is 13.1 Å². The molecule has 100 valence electrons. The van der Waals surface area contributed by atoms with Crippen molar-refractivity contribution in [3.8, 4) is 0 Å². The van der Waals surface area contributed by atoms with Gasteiger partial charge in [-0.3, -0.25) is 0 Å². The van der Waals surface area contributed by atoms with Crippen molar-refractivity contribution in [2.24, 2.45) is 11.7 Å². The molecule has 0 heterocycles. The summed E-state index contributed by atoms with van der Waals surface area (Å²) < 4.78 is 26.9. The van der Waals surface area contributed by atoms with E-state index in [1.165, 1.54) is 12.8 Å². The Morgan fingerprint density at radius 3 is 2.24 bits per heavy atom. The summed E-state index contributed by atoms with van der Waals surface area (Å²) in [7, 11) is -3.13. The second-order valence-corrected chi connectivity index (χ2v) is 7.40. The van der Waals surface area contributed by atoms with Crippen LogP contribution in [0.1, 0.15) is 51.4 Å². The molecule has 0 spiro atoms. The molecular weight excluding hydrogens is 236 g/mol. The largest absolute Gasteiger partial charge is 0.326 e. The van der Waals surface area contributed by atoms with Gasteiger partial charge in [0, 0.05) is 12.1 Å². The van der Waals surface area contributed by atoms with Crippen molar-refractivity contribution in [1.82, 2.24) is 4.72 Å². The Balaban J connectivity index is 1.87. The molecule has 3 N–H and O–H groups in total. The first-order chi connectivity index (χ1) is 8.07. The van der Waals surface area contributed by atoms with Crippen LogP contribution in [-0.4, -0.2) is 26.3 Å². The van der Waals surface area contributed by atoms with Gasteiger partial charge in [0.2, 0.25) is 10.0 Å². The van der Waals surface area contributed by atoms with Crippen molar-refractivity contribution >= 4 is 10.0 Å². The number of hydrogen-bond donors (Lipinski definition) is 2. The molecule has 0 aromatic heterocycles. The topological polar surface area (TPSA) is 72.2 Å². The Bertz CT molecular complexity index is 336. The Labute approximate surface area is 104 Å². The normalized spacial score (nSPS) is 31.8. The van der Waals surface area contributed by atoms with Crippen molar-refractivity contribution in [3.63, 3.8) is 0 Å². The molecule has 2 rings (SSSR count). The molecule has 0 aromatic carbocycles. The minimum atomic E-state index is -3.13. The summed E-state index contributed by atoms with van der Waals surface area (Å²) in [5, 5.41) is 0. The van der Waals surface area contributed by atoms with Crippen LogP contribution in [-0.2, 0) is 10.0 Å². The summed E-state index contributed by atoms with van der Waals surface area (Å²) in [5.74, 6) is 0.670. The second kappa shape index (κ2) is 5.67. The van der Waals surface area contributed by atoms with E-state index in [0.29, 0.717) is 11.7 Å². The minimum Gasteiger partial charge on any atom is -0.326 e. The van der Waals surface area contributed by atoms with Gasteiger partial charge in [-0.05, 0) is 31.6 Å². The van der Waals surface area contributed by atoms with Gasteiger partial charge in [0.05, 0.1) is 5.75 Å². The zero-order valence-electron chi connectivity index (χ0n) is 10.4. The SMILES string of the molecule is NC1CCCCC1NS(=O)(=O)CC1CCCC1. The first-order valence-corrected chi connectivity index (χ1v) is 8.47. The van der Waals surface area contributed by atoms with Crippen LogP contribution in [0.25, 0.3) is 0 Å². The molecule has 4 nitrogen and oxygen atoms in total. The second-order valence-electron chi connectivity index (χ2n) is 5.60. The van der Waals surface area contributed by atoms with Crippen molar-refractivity contribution in [2.45, 2.75) is 63.5 Å². The third-order valence-corrected chi connectivity index (χ3v) is 5.65. The van der Waals surface area contributed by atoms with E-state index < -0.39 is 10.0 Å². The molecule has 2 aliphatic carbocycles. The lowest BCUT2D eigenvalue weighted by Gasteiger charge is -2.29. The molecule has 0 bridgehead atoms. The van der Waals surface area contributed by atoms with Crippen LogP contribution in [0, 0.1) is 5.92 Å². The zero-order chi connectivity index (χ0) is 12.3. The van der Waals surface area contributed by atoms with Gasteiger partial charge in [0.1, 0.15) is 0 Å². The standard InChI is InChI=1S/C12H24N2O2S/c13-11-7-3-4-8-12(11)14-17(15,16)9-10-5-1-2-6-10/h10-12,14H,1-9,13H2. The fourth-order valence-corrected chi connectivity index (χ4v) is 4.88. The van der Waals surface area contributed by atoms with E-state index in [2.05, 4.69) is 4.72 Å². The van der Waals surface area contributed by atoms with E-state index in [1.54, 1.807) is 0 Å². The lowest BCUT2D eigenvalue weighted by atomic mass is 9.92. The summed E-state index contributed by atoms with van der Waals surface area (Å²) in [6.45, 7) is 0. The maximum atomic E-state index is 12.0. The number of nitrogens with two attached hydrogens (primary N) is 1. The van der Waals surface area contributed by atoms with Crippen LogP contribution in [0.4, 0.5) is 0 Å². The Morgan fingerprint density at radius 2 is 1.59 bits per heavy atom. The monoisotopic (exact) mass is 260 g/mol. The highest BCUT2D eigenvalue weighted by atomic mass is 32.2. The van der Waals surface area contributed by atoms with Crippen LogP contribution < -0.4 is 10.5 Å². The van der Waals surface area contributed by atoms with Crippen LogP contribution in [0.15, 0.2) is 0 Å². The van der Waals surface area contributed by atoms with E-state index in [0.717, 1.165) is 38.5 Å². The van der Waals surface area contributed by atoms with Crippen LogP contribution in [0.3, 0.4) is 0 Å². The molecule has 5 heteroatoms. The van der Waals surface area contributed by atoms with E-state index in [1.807, 2.05) is 0 Å². The van der Waals surface area contributed by atoms with Gasteiger partial charge < -0.3 is 5.73 Å². The van der Waals surface area contributed by atoms with Crippen molar-refractivity contribution in [1.29, 1.82) is 0 Å². The highest BCUT2D eigenvalue weighted by molar-refractivity contribution is 7.89. The third kappa shape index (κ3) is 3.93. The highest BCUT2D eigenvalue weighted by Crippen LogP contribution is 2.26. The molecule has 0 amide bonds. The molecule has 2 saturated carbocycles. The van der Waals surface area contributed by atoms with Gasteiger partial charge in [0.15, 0.2) is 0 Å². The lowest BCUT2D eigenvalue weighted by molar-refractivity contribution is 0.360. The quantitative estimate of drug-likeness (QED) is 0.802. The first kappa shape index (κ1) is 13.3. The Kier molecular flexibility index (Phi) is 4.44. The molecule has 2 unspecified atom stereocenters. The molecule has 2 aliphatic rings. The van der Waals surface area contributed by atoms with Crippen molar-refractivity contribution in [2.75, 3.05) is 5.75 Å². The lowest BCUT2D eigenvalue weighted by Crippen LogP contribution is -2.50. The fraction of sp³-hybridized carbons (Fsp3) is 1.00. The average molecular weight is 260 g/mol. The fourth-order valence-electron chi connectivity index (χ4n) is 3.07. The van der Waals surface area contributed by atoms with E-state index in [-0.39, 0.29) is 12.1 Å². The average Bonchev–Trinajstić information content (AvgIpc) is 2.73. The third-order valence-electron chi connectivity index (χ3n) is 4.08. The van der Waals surface area contributed by atoms with Gasteiger partial charge >= 0.3 is 0 Å². The summed E-state index contributed by atoms with van der Waals surface area (Å²) in [4.78, 5) is 0. The van der Waals surface area contributed by atoms with Crippen LogP contribution >= 0.6 is 0 Å². The maximum Gasteiger partial charge on any atom is 0.212 e. The molecule has 0 aromatic rings. The molecule has 0 radical (unpaired) electrons. The smallest absolute Gasteiger partial charge is 0.212 e. The van der Waals surface area contributed by atoms with Crippen molar-refractivity contribution < 1.29 is 8.42 Å². The van der Waals surface area contributed by atoms with E-state index >= 15 is 0 Å². The van der Waals surface area contributed by atoms with Gasteiger partial charge in [-0.15, -0.1) is 0 Å². The number of hydrogen-bond acceptors (Lipinski definition) is 3. The summed E-state index contributed by atoms with van der Waals surface area (Å²) in [6, 6.07) is -0.0303. The Morgan fingerprint density at radius 1 is 1.00 bits per heavy atom. The highest BCUT2D eigenvalue weighted by Gasteiger charge is 2.28. The number of sulfonamides is 1. The van der Waals surface area contributed by atoms with Gasteiger partial charge in [0.25, 0.3) is 0 Å². The maximum absolute atomic E-state index is 12.0. The van der Waals surface area contributed by atoms with Crippen LogP contribution in [0.5, 0.6) is 0 Å². The minimum absolute atomic E-state index is 0.00195. The first-order valence-electron chi connectivity index (χ1n) is 6.82. The molecule has 17 heavy (non-hydrogen) atoms. The predicted molar refractivity (Wildman–Crippen MR) is 69.1 cm³/mol. The summed E-state index contributed by atoms with van der Waals surface area (Å²) >= 11 is 0. The summed E-state index contributed by atoms with van der Waals surface area (Å²) in [5.41, 5.74) is 5.97. The molecule has 2 atom stereocenters. The molecule has 0 saturated heterocycles. The summed E-state index contributed by atoms with van der Waals surface area (Å²) in [6.07, 6.45) is 8.55. The predicted octanol–water partition coefficient (Wildman–Crippen LogP) is 1.37.